The lowest BCUT2D eigenvalue weighted by Gasteiger charge is -2.36. The van der Waals surface area contributed by atoms with E-state index in [2.05, 4.69) is 165 Å². The van der Waals surface area contributed by atoms with Crippen LogP contribution in [-0.2, 0) is 25.3 Å². The number of hydrogen-bond donors (Lipinski definition) is 6. The minimum absolute atomic E-state index is 0. The number of methoxy groups -OCH3 is 2. The Labute approximate surface area is 801 Å². The summed E-state index contributed by atoms with van der Waals surface area (Å²) in [6.07, 6.45) is 7.11. The Balaban J connectivity index is 0.000000178. The zero-order chi connectivity index (χ0) is 91.4. The fourth-order valence-corrected chi connectivity index (χ4v) is 14.7. The van der Waals surface area contributed by atoms with Gasteiger partial charge in [0.2, 0.25) is 11.9 Å². The molecule has 2 fully saturated rings. The average Bonchev–Trinajstić information content (AvgIpc) is 1.44. The smallest absolute Gasteiger partial charge is 0.341 e. The van der Waals surface area contributed by atoms with Crippen LogP contribution in [0.1, 0.15) is 59.8 Å². The van der Waals surface area contributed by atoms with Gasteiger partial charge in [-0.25, -0.2) is 44.1 Å². The molecule has 6 aliphatic rings. The number of piperazine rings is 2. The van der Waals surface area contributed by atoms with Crippen LogP contribution in [-0.4, -0.2) is 204 Å². The van der Waals surface area contributed by atoms with Crippen molar-refractivity contribution in [3.63, 3.8) is 0 Å². The molecule has 128 heavy (non-hydrogen) atoms. The number of nitrogens with one attached hydrogen (secondary N) is 4. The molecule has 4 amide bonds. The number of ketones is 1. The lowest BCUT2D eigenvalue weighted by atomic mass is 10.1. The van der Waals surface area contributed by atoms with Crippen LogP contribution in [0.3, 0.4) is 0 Å². The highest BCUT2D eigenvalue weighted by Crippen LogP contribution is 2.61. The lowest BCUT2D eigenvalue weighted by molar-refractivity contribution is -0.118. The molecule has 16 rings (SSSR count). The first-order valence-corrected chi connectivity index (χ1v) is 46.7. The number of ether oxygens (including phenoxy) is 2. The molecule has 10 heterocycles. The van der Waals surface area contributed by atoms with Gasteiger partial charge in [0.1, 0.15) is 32.6 Å². The summed E-state index contributed by atoms with van der Waals surface area (Å²) in [7, 11) is 6.90. The number of nitrogens with zero attached hydrogens (tertiary/aromatic N) is 14. The van der Waals surface area contributed by atoms with Gasteiger partial charge in [-0.1, -0.05) is 147 Å². The Hall–Kier alpha value is -9.73. The minimum atomic E-state index is -3.22. The summed E-state index contributed by atoms with van der Waals surface area (Å²) >= 11 is 61.5. The minimum Gasteiger partial charge on any atom is -0.465 e. The highest BCUT2D eigenvalue weighted by molar-refractivity contribution is 8.24. The molecule has 0 aliphatic carbocycles. The fourth-order valence-electron chi connectivity index (χ4n) is 13.1. The van der Waals surface area contributed by atoms with Gasteiger partial charge in [-0.15, -0.1) is 12.4 Å². The van der Waals surface area contributed by atoms with Crippen LogP contribution in [0.5, 0.6) is 0 Å². The van der Waals surface area contributed by atoms with Crippen molar-refractivity contribution >= 4 is 254 Å². The molecule has 6 aliphatic heterocycles. The van der Waals surface area contributed by atoms with Gasteiger partial charge in [-0.05, 0) is 163 Å². The number of benzene rings is 6. The number of para-hydroxylation sites is 3. The van der Waals surface area contributed by atoms with Crippen molar-refractivity contribution in [1.29, 1.82) is 0 Å². The number of halogens is 12. The number of nitrogens with two attached hydrogens (primary N) is 2. The van der Waals surface area contributed by atoms with E-state index >= 15 is 0 Å². The van der Waals surface area contributed by atoms with E-state index in [0.717, 1.165) is 80.7 Å². The molecular weight excluding hydrogens is 1910 g/mol. The lowest BCUT2D eigenvalue weighted by Crippen LogP contribution is -2.50. The topological polar surface area (TPSA) is 340 Å². The number of pyridine rings is 4. The van der Waals surface area contributed by atoms with E-state index in [9.17, 15) is 33.3 Å². The summed E-state index contributed by atoms with van der Waals surface area (Å²) < 4.78 is 18.7. The van der Waals surface area contributed by atoms with Crippen molar-refractivity contribution in [1.82, 2.24) is 35.1 Å². The van der Waals surface area contributed by atoms with Crippen molar-refractivity contribution in [3.05, 3.63) is 263 Å². The summed E-state index contributed by atoms with van der Waals surface area (Å²) in [5.41, 5.74) is 21.4. The number of guanidine groups is 2. The predicted molar refractivity (Wildman–Crippen MR) is 523 cm³/mol. The van der Waals surface area contributed by atoms with Crippen LogP contribution >= 0.6 is 144 Å². The number of hydrogen-bond acceptors (Lipinski definition) is 25. The number of rotatable bonds is 18. The highest BCUT2D eigenvalue weighted by atomic mass is 36.0. The van der Waals surface area contributed by atoms with Crippen molar-refractivity contribution in [3.8, 4) is 0 Å². The number of anilines is 11. The third-order valence-corrected chi connectivity index (χ3v) is 21.8. The zero-order valence-corrected chi connectivity index (χ0v) is 79.3. The van der Waals surface area contributed by atoms with E-state index in [1.165, 1.54) is 55.2 Å². The van der Waals surface area contributed by atoms with Crippen LogP contribution in [0.4, 0.5) is 67.5 Å². The van der Waals surface area contributed by atoms with Crippen LogP contribution in [0, 0.1) is 0 Å². The largest absolute Gasteiger partial charge is 0.465 e. The number of carbonyl (C=O) groups excluding carboxylic acids is 6. The number of carbonyl (C=O) groups is 6. The first-order valence-electron chi connectivity index (χ1n) is 39.3. The standard InChI is InChI=1S/C26H26ClN7O.C18H18Cl2N2O3.C15H10Cl2N4O.C11H17N3.C9H12ClN3O.C7H5Cl2NO2.Cl3OP.ClH/c1-31-12-14-32(15-13-31)19-8-6-18(7-9-19)30-24-16-23-20(17-29-24)25(35)34(26-28-10-11-33(23)26)22-5-3-2-4-21(22)27;1-25-18(24)14-11-22-17(20)10-16(14)21-8-4-6-13(23)9-12-5-2-3-7-15(12)19;16-10-3-1-2-4-11(10)21-14(22)9-8-19-13(17)7-12(9)20-6-5-18-15(20)21;1-13-6-8-14(9-7-13)11-4-2-10(12)3-5-11;10-7-3-1-2-4-8(7)13-9(14)12-6-5-11;1-12-7(11)4-3-10-6(9)2-5(4)8;1-5(2,3)4;/h2-9,16-17H,10-15H2,1H3,(H,29,30);2-3,5,7,10-11H,4,6,8-9H2,1H3,(H,21,22);1-4,7-8H,5-6H2;2-5H,6-9,12H2,1H3;1-4H,5-6,11H2,(H2,12,13,14);2-3H,1H3;;1H. The molecule has 2 saturated heterocycles. The van der Waals surface area contributed by atoms with Gasteiger partial charge in [0, 0.05) is 163 Å². The van der Waals surface area contributed by atoms with Crippen LogP contribution in [0.15, 0.2) is 205 Å². The van der Waals surface area contributed by atoms with Gasteiger partial charge < -0.3 is 71.6 Å². The van der Waals surface area contributed by atoms with Crippen molar-refractivity contribution < 1.29 is 42.8 Å². The van der Waals surface area contributed by atoms with Crippen LogP contribution in [0.2, 0.25) is 40.6 Å². The average molecular weight is 2000 g/mol. The molecule has 42 heteroatoms. The van der Waals surface area contributed by atoms with E-state index in [4.69, 9.17) is 109 Å². The van der Waals surface area contributed by atoms with Crippen LogP contribution < -0.4 is 62.1 Å². The second kappa shape index (κ2) is 49.9. The third kappa shape index (κ3) is 29.4. The molecule has 6 aromatic carbocycles. The van der Waals surface area contributed by atoms with Crippen LogP contribution in [0.25, 0.3) is 0 Å². The van der Waals surface area contributed by atoms with E-state index in [-0.39, 0.29) is 56.9 Å². The molecule has 0 unspecified atom stereocenters. The monoisotopic (exact) mass is 2000 g/mol. The number of aromatic nitrogens is 4. The van der Waals surface area contributed by atoms with E-state index in [1.807, 2.05) is 71.6 Å². The zero-order valence-electron chi connectivity index (χ0n) is 69.3. The molecule has 0 spiro atoms. The predicted octanol–water partition coefficient (Wildman–Crippen LogP) is 19.3. The summed E-state index contributed by atoms with van der Waals surface area (Å²) in [5, 5.41) is 11.7. The maximum absolute atomic E-state index is 13.5. The summed E-state index contributed by atoms with van der Waals surface area (Å²) in [6.45, 7) is 12.7. The quantitative estimate of drug-likeness (QED) is 0.0153. The first kappa shape index (κ1) is 102. The fraction of sp³-hybridized carbons (Fsp3) is 0.256. The van der Waals surface area contributed by atoms with Gasteiger partial charge in [-0.3, -0.25) is 28.9 Å². The second-order valence-electron chi connectivity index (χ2n) is 28.2. The maximum Gasteiger partial charge on any atom is 0.341 e. The molecular formula is C86H89Cl12N20O9P. The Bertz CT molecular complexity index is 5620. The van der Waals surface area contributed by atoms with E-state index < -0.39 is 17.1 Å². The third-order valence-electron chi connectivity index (χ3n) is 19.5. The Kier molecular flexibility index (Phi) is 39.8. The molecule has 29 nitrogen and oxygen atoms in total. The molecule has 8 N–H and O–H groups in total. The Morgan fingerprint density at radius 1 is 0.492 bits per heavy atom. The number of nitrogen functional groups attached to an aromatic ring is 1. The summed E-state index contributed by atoms with van der Waals surface area (Å²) in [6, 6.07) is 51.7. The second-order valence-corrected chi connectivity index (χ2v) is 38.1. The van der Waals surface area contributed by atoms with Crippen molar-refractivity contribution in [2.45, 2.75) is 19.3 Å². The van der Waals surface area contributed by atoms with Gasteiger partial charge in [0.25, 0.3) is 11.8 Å². The number of Topliss-reactive ketones (excluding diaryl/α,β-unsaturated/α-hetero) is 1. The number of aliphatic imine (C=N–C) groups is 2. The Morgan fingerprint density at radius 2 is 0.945 bits per heavy atom. The number of urea groups is 1. The number of amides is 4. The van der Waals surface area contributed by atoms with Crippen molar-refractivity contribution in [2.75, 3.05) is 178 Å². The number of esters is 2. The SMILES string of the molecule is CN1CCN(c2ccc(N)cc2)CC1.CN1CCN(c2ccc(Nc3cc4c(cn3)C(=O)N(c3ccccc3Cl)C3=NCCN34)cc2)CC1.COC(=O)c1cnc(Cl)cc1Cl.COC(=O)c1cnc(Cl)cc1NCCCC(=O)Cc1ccccc1Cl.Cl.NCCNC(=O)Nc1ccccc1Cl.O=C1c2cnc(Cl)cc2N2CCN=C2N1c1ccccc1Cl.O=P(Cl)(Cl)Cl. The highest BCUT2D eigenvalue weighted by Gasteiger charge is 2.41. The molecule has 676 valence electrons. The van der Waals surface area contributed by atoms with Crippen molar-refractivity contribution in [2.24, 2.45) is 15.7 Å². The van der Waals surface area contributed by atoms with Gasteiger partial charge in [0.05, 0.1) is 98.2 Å². The number of likely N-dealkylation sites (N-methyl/N-ethyl adjacent to an activating group) is 2. The normalized spacial score (nSPS) is 14.2. The van der Waals surface area contributed by atoms with E-state index in [1.54, 1.807) is 71.8 Å². The maximum atomic E-state index is 13.5. The van der Waals surface area contributed by atoms with Gasteiger partial charge in [-0.2, -0.15) is 0 Å². The van der Waals surface area contributed by atoms with Gasteiger partial charge in [0.15, 0.2) is 0 Å². The molecule has 10 aromatic rings. The summed E-state index contributed by atoms with van der Waals surface area (Å²) in [4.78, 5) is 114. The Morgan fingerprint density at radius 3 is 1.45 bits per heavy atom. The molecule has 4 aromatic heterocycles. The van der Waals surface area contributed by atoms with E-state index in [0.29, 0.717) is 147 Å². The summed E-state index contributed by atoms with van der Waals surface area (Å²) in [5.74, 6) is 0.560. The molecule has 0 bridgehead atoms. The van der Waals surface area contributed by atoms with Gasteiger partial charge >= 0.3 is 23.2 Å². The number of fused-ring (bicyclic) bond motifs is 6. The molecule has 0 atom stereocenters. The molecule has 0 saturated carbocycles. The first-order chi connectivity index (χ1) is 60.9. The molecule has 0 radical (unpaired) electrons.